The predicted molar refractivity (Wildman–Crippen MR) is 62.2 cm³/mol. The van der Waals surface area contributed by atoms with Crippen molar-refractivity contribution < 1.29 is 19.7 Å². The van der Waals surface area contributed by atoms with E-state index < -0.39 is 5.97 Å². The lowest BCUT2D eigenvalue weighted by Gasteiger charge is -2.08. The Bertz CT molecular complexity index is 357. The summed E-state index contributed by atoms with van der Waals surface area (Å²) in [6.07, 6.45) is 3.66. The van der Waals surface area contributed by atoms with E-state index in [4.69, 9.17) is 14.9 Å². The smallest absolute Gasteiger partial charge is 0.337 e. The van der Waals surface area contributed by atoms with E-state index in [-0.39, 0.29) is 12.2 Å². The Balaban J connectivity index is 2.34. The van der Waals surface area contributed by atoms with Crippen LogP contribution in [0.15, 0.2) is 18.5 Å². The molecule has 0 radical (unpaired) electrons. The molecule has 1 aromatic heterocycles. The third-order valence-corrected chi connectivity index (χ3v) is 2.07. The van der Waals surface area contributed by atoms with Crippen LogP contribution in [0.1, 0.15) is 16.8 Å². The number of carboxylic acid groups (broad SMARTS) is 1. The molecule has 1 aromatic rings. The van der Waals surface area contributed by atoms with Crippen LogP contribution in [-0.2, 0) is 4.74 Å². The predicted octanol–water partition coefficient (Wildman–Crippen LogP) is 0.591. The number of aliphatic hydroxyl groups excluding tert-OH is 1. The van der Waals surface area contributed by atoms with Gasteiger partial charge in [-0.3, -0.25) is 4.98 Å². The van der Waals surface area contributed by atoms with Crippen molar-refractivity contribution in [3.63, 3.8) is 0 Å². The molecule has 0 fully saturated rings. The van der Waals surface area contributed by atoms with Crippen LogP contribution in [0.5, 0.6) is 0 Å². The highest BCUT2D eigenvalue weighted by Crippen LogP contribution is 2.12. The van der Waals surface area contributed by atoms with Gasteiger partial charge in [-0.05, 0) is 12.5 Å². The fraction of sp³-hybridized carbons (Fsp3) is 0.455. The fourth-order valence-electron chi connectivity index (χ4n) is 1.29. The minimum absolute atomic E-state index is 0.0131. The SMILES string of the molecule is O=C(O)c1ccncc1NCCCOCCO. The van der Waals surface area contributed by atoms with Crippen molar-refractivity contribution in [3.8, 4) is 0 Å². The summed E-state index contributed by atoms with van der Waals surface area (Å²) in [6, 6.07) is 1.45. The zero-order valence-electron chi connectivity index (χ0n) is 9.43. The van der Waals surface area contributed by atoms with Crippen molar-refractivity contribution >= 4 is 11.7 Å². The average Bonchev–Trinajstić information content (AvgIpc) is 2.34. The summed E-state index contributed by atoms with van der Waals surface area (Å²) in [5, 5.41) is 20.4. The normalized spacial score (nSPS) is 10.2. The number of ether oxygens (including phenoxy) is 1. The summed E-state index contributed by atoms with van der Waals surface area (Å²) in [5.74, 6) is -0.980. The molecule has 0 saturated heterocycles. The first kappa shape index (κ1) is 13.4. The largest absolute Gasteiger partial charge is 0.478 e. The van der Waals surface area contributed by atoms with Gasteiger partial charge in [-0.2, -0.15) is 0 Å². The van der Waals surface area contributed by atoms with E-state index in [1.807, 2.05) is 0 Å². The zero-order chi connectivity index (χ0) is 12.5. The van der Waals surface area contributed by atoms with Gasteiger partial charge in [0.1, 0.15) is 0 Å². The maximum Gasteiger partial charge on any atom is 0.337 e. The number of carbonyl (C=O) groups is 1. The molecule has 0 saturated carbocycles. The number of aliphatic hydroxyl groups is 1. The lowest BCUT2D eigenvalue weighted by molar-refractivity contribution is 0.0697. The summed E-state index contributed by atoms with van der Waals surface area (Å²) in [7, 11) is 0. The third kappa shape index (κ3) is 4.80. The summed E-state index contributed by atoms with van der Waals surface area (Å²) >= 11 is 0. The van der Waals surface area contributed by atoms with E-state index in [2.05, 4.69) is 10.3 Å². The first-order valence-corrected chi connectivity index (χ1v) is 5.35. The van der Waals surface area contributed by atoms with Gasteiger partial charge in [0.15, 0.2) is 0 Å². The number of anilines is 1. The van der Waals surface area contributed by atoms with Crippen LogP contribution in [0.2, 0.25) is 0 Å². The average molecular weight is 240 g/mol. The Morgan fingerprint density at radius 1 is 1.47 bits per heavy atom. The number of rotatable bonds is 8. The van der Waals surface area contributed by atoms with Crippen LogP contribution in [0.3, 0.4) is 0 Å². The molecule has 1 rings (SSSR count). The van der Waals surface area contributed by atoms with Crippen molar-refractivity contribution in [2.45, 2.75) is 6.42 Å². The van der Waals surface area contributed by atoms with Gasteiger partial charge in [-0.25, -0.2) is 4.79 Å². The molecule has 0 aromatic carbocycles. The molecule has 17 heavy (non-hydrogen) atoms. The van der Waals surface area contributed by atoms with Crippen molar-refractivity contribution in [1.82, 2.24) is 4.98 Å². The molecule has 0 aliphatic heterocycles. The van der Waals surface area contributed by atoms with Crippen LogP contribution >= 0.6 is 0 Å². The summed E-state index contributed by atoms with van der Waals surface area (Å²) in [6.45, 7) is 1.46. The number of nitrogens with one attached hydrogen (secondary N) is 1. The van der Waals surface area contributed by atoms with Gasteiger partial charge in [0.25, 0.3) is 0 Å². The van der Waals surface area contributed by atoms with Crippen molar-refractivity contribution in [3.05, 3.63) is 24.0 Å². The Morgan fingerprint density at radius 3 is 3.00 bits per heavy atom. The number of aromatic nitrogens is 1. The second kappa shape index (κ2) is 7.59. The van der Waals surface area contributed by atoms with Crippen LogP contribution in [0.25, 0.3) is 0 Å². The molecule has 6 nitrogen and oxygen atoms in total. The first-order chi connectivity index (χ1) is 8.25. The molecule has 94 valence electrons. The lowest BCUT2D eigenvalue weighted by Crippen LogP contribution is -2.10. The Labute approximate surface area is 99.3 Å². The zero-order valence-corrected chi connectivity index (χ0v) is 9.43. The van der Waals surface area contributed by atoms with E-state index in [9.17, 15) is 4.79 Å². The lowest BCUT2D eigenvalue weighted by atomic mass is 10.2. The molecule has 6 heteroatoms. The van der Waals surface area contributed by atoms with Crippen LogP contribution in [0.4, 0.5) is 5.69 Å². The van der Waals surface area contributed by atoms with E-state index >= 15 is 0 Å². The van der Waals surface area contributed by atoms with Crippen LogP contribution in [-0.4, -0.2) is 47.5 Å². The second-order valence-electron chi connectivity index (χ2n) is 3.34. The van der Waals surface area contributed by atoms with Crippen molar-refractivity contribution in [2.75, 3.05) is 31.7 Å². The summed E-state index contributed by atoms with van der Waals surface area (Å²) < 4.78 is 5.08. The molecule has 0 aliphatic carbocycles. The highest BCUT2D eigenvalue weighted by Gasteiger charge is 2.08. The van der Waals surface area contributed by atoms with Gasteiger partial charge in [-0.1, -0.05) is 0 Å². The number of carboxylic acids is 1. The molecule has 0 unspecified atom stereocenters. The fourth-order valence-corrected chi connectivity index (χ4v) is 1.29. The minimum atomic E-state index is -0.980. The van der Waals surface area contributed by atoms with Gasteiger partial charge >= 0.3 is 5.97 Å². The van der Waals surface area contributed by atoms with Gasteiger partial charge in [-0.15, -0.1) is 0 Å². The van der Waals surface area contributed by atoms with E-state index in [0.29, 0.717) is 25.4 Å². The monoisotopic (exact) mass is 240 g/mol. The molecule has 0 aliphatic rings. The van der Waals surface area contributed by atoms with Gasteiger partial charge in [0.05, 0.1) is 30.7 Å². The number of hydrogen-bond donors (Lipinski definition) is 3. The van der Waals surface area contributed by atoms with Gasteiger partial charge in [0.2, 0.25) is 0 Å². The van der Waals surface area contributed by atoms with Gasteiger partial charge in [0, 0.05) is 19.3 Å². The molecule has 0 bridgehead atoms. The standard InChI is InChI=1S/C11H16N2O4/c14-5-7-17-6-1-3-13-10-8-12-4-2-9(10)11(15)16/h2,4,8,13-14H,1,3,5-7H2,(H,15,16). The van der Waals surface area contributed by atoms with Crippen LogP contribution in [0, 0.1) is 0 Å². The number of hydrogen-bond acceptors (Lipinski definition) is 5. The van der Waals surface area contributed by atoms with Crippen molar-refractivity contribution in [1.29, 1.82) is 0 Å². The number of pyridine rings is 1. The van der Waals surface area contributed by atoms with Gasteiger partial charge < -0.3 is 20.3 Å². The number of aromatic carboxylic acids is 1. The topological polar surface area (TPSA) is 91.7 Å². The summed E-state index contributed by atoms with van der Waals surface area (Å²) in [5.41, 5.74) is 0.707. The second-order valence-corrected chi connectivity index (χ2v) is 3.34. The molecular weight excluding hydrogens is 224 g/mol. The summed E-state index contributed by atoms with van der Waals surface area (Å²) in [4.78, 5) is 14.7. The quantitative estimate of drug-likeness (QED) is 0.576. The number of nitrogens with zero attached hydrogens (tertiary/aromatic N) is 1. The Morgan fingerprint density at radius 2 is 2.29 bits per heavy atom. The maximum absolute atomic E-state index is 10.9. The molecular formula is C11H16N2O4. The third-order valence-electron chi connectivity index (χ3n) is 2.07. The first-order valence-electron chi connectivity index (χ1n) is 5.35. The molecule has 0 amide bonds. The van der Waals surface area contributed by atoms with E-state index in [0.717, 1.165) is 6.42 Å². The molecule has 0 spiro atoms. The molecule has 0 atom stereocenters. The minimum Gasteiger partial charge on any atom is -0.478 e. The van der Waals surface area contributed by atoms with Crippen LogP contribution < -0.4 is 5.32 Å². The Hall–Kier alpha value is -1.66. The molecule has 1 heterocycles. The van der Waals surface area contributed by atoms with E-state index in [1.54, 1.807) is 0 Å². The molecule has 3 N–H and O–H groups in total. The van der Waals surface area contributed by atoms with Crippen molar-refractivity contribution in [2.24, 2.45) is 0 Å². The maximum atomic E-state index is 10.9. The van der Waals surface area contributed by atoms with E-state index in [1.165, 1.54) is 18.5 Å². The highest BCUT2D eigenvalue weighted by molar-refractivity contribution is 5.93. The highest BCUT2D eigenvalue weighted by atomic mass is 16.5. The Kier molecular flexibility index (Phi) is 5.98.